The highest BCUT2D eigenvalue weighted by Gasteiger charge is 2.31. The van der Waals surface area contributed by atoms with Crippen LogP contribution in [-0.2, 0) is 13.1 Å². The molecule has 0 saturated carbocycles. The number of nitrogens with zero attached hydrogens (tertiary/aromatic N) is 7. The molecule has 1 fully saturated rings. The van der Waals surface area contributed by atoms with Gasteiger partial charge >= 0.3 is 0 Å². The smallest absolute Gasteiger partial charge is 0.277 e. The van der Waals surface area contributed by atoms with Crippen LogP contribution in [0.2, 0.25) is 0 Å². The second-order valence-corrected chi connectivity index (χ2v) is 9.99. The van der Waals surface area contributed by atoms with Gasteiger partial charge in [-0.1, -0.05) is 24.3 Å². The molecule has 2 amide bonds. The van der Waals surface area contributed by atoms with Crippen LogP contribution in [-0.4, -0.2) is 50.6 Å². The first-order valence-electron chi connectivity index (χ1n) is 13.3. The van der Waals surface area contributed by atoms with Crippen LogP contribution in [0.1, 0.15) is 55.9 Å². The molecule has 1 saturated heterocycles. The second-order valence-electron chi connectivity index (χ2n) is 9.99. The molecular formula is C31H28N8O2. The Morgan fingerprint density at radius 2 is 1.49 bits per heavy atom. The van der Waals surface area contributed by atoms with Gasteiger partial charge in [-0.3, -0.25) is 24.2 Å². The molecule has 204 valence electrons. The van der Waals surface area contributed by atoms with Crippen molar-refractivity contribution in [1.82, 2.24) is 19.7 Å². The number of hydrogen-bond donors (Lipinski definition) is 1. The largest absolute Gasteiger partial charge is 0.366 e. The minimum atomic E-state index is -0.605. The highest BCUT2D eigenvalue weighted by molar-refractivity contribution is 6.05. The summed E-state index contributed by atoms with van der Waals surface area (Å²) in [6.45, 7) is 2.84. The van der Waals surface area contributed by atoms with Crippen LogP contribution in [0.3, 0.4) is 0 Å². The third-order valence-corrected chi connectivity index (χ3v) is 7.22. The molecule has 0 atom stereocenters. The molecule has 5 rings (SSSR count). The van der Waals surface area contributed by atoms with Crippen LogP contribution in [0, 0.1) is 22.7 Å². The Bertz CT molecular complexity index is 1610. The number of piperidine rings is 1. The number of anilines is 1. The third-order valence-electron chi connectivity index (χ3n) is 7.22. The van der Waals surface area contributed by atoms with Crippen LogP contribution in [0.25, 0.3) is 0 Å². The molecule has 0 bridgehead atoms. The average Bonchev–Trinajstić information content (AvgIpc) is 3.46. The number of aromatic nitrogens is 3. The Morgan fingerprint density at radius 3 is 2.02 bits per heavy atom. The van der Waals surface area contributed by atoms with Gasteiger partial charge in [0.1, 0.15) is 5.69 Å². The summed E-state index contributed by atoms with van der Waals surface area (Å²) in [5.74, 6) is -0.878. The molecule has 0 spiro atoms. The van der Waals surface area contributed by atoms with Crippen molar-refractivity contribution in [3.63, 3.8) is 0 Å². The van der Waals surface area contributed by atoms with Gasteiger partial charge in [0.25, 0.3) is 5.91 Å². The molecule has 0 radical (unpaired) electrons. The van der Waals surface area contributed by atoms with E-state index in [0.717, 1.165) is 43.6 Å². The number of carbonyl (C=O) groups is 2. The molecular weight excluding hydrogens is 516 g/mol. The van der Waals surface area contributed by atoms with Crippen molar-refractivity contribution in [2.45, 2.75) is 32.0 Å². The molecule has 41 heavy (non-hydrogen) atoms. The van der Waals surface area contributed by atoms with E-state index in [9.17, 15) is 9.59 Å². The summed E-state index contributed by atoms with van der Waals surface area (Å²) in [5.41, 5.74) is 9.82. The number of nitrogens with two attached hydrogens (primary N) is 1. The van der Waals surface area contributed by atoms with Crippen LogP contribution in [0.4, 0.5) is 5.69 Å². The summed E-state index contributed by atoms with van der Waals surface area (Å²) < 4.78 is 1.76. The number of primary amides is 1. The van der Waals surface area contributed by atoms with Crippen LogP contribution in [0.5, 0.6) is 0 Å². The normalized spacial score (nSPS) is 13.7. The van der Waals surface area contributed by atoms with Crippen LogP contribution < -0.4 is 10.6 Å². The summed E-state index contributed by atoms with van der Waals surface area (Å²) in [5, 5.41) is 22.6. The van der Waals surface area contributed by atoms with Gasteiger partial charge in [-0.15, -0.1) is 0 Å². The quantitative estimate of drug-likeness (QED) is 0.357. The fraction of sp³-hybridized carbons (Fsp3) is 0.226. The molecule has 0 aliphatic carbocycles. The maximum atomic E-state index is 13.8. The fourth-order valence-electron chi connectivity index (χ4n) is 5.00. The Labute approximate surface area is 237 Å². The molecule has 4 aromatic rings. The van der Waals surface area contributed by atoms with Gasteiger partial charge in [-0.25, -0.2) is 0 Å². The zero-order valence-electron chi connectivity index (χ0n) is 22.3. The lowest BCUT2D eigenvalue weighted by molar-refractivity contribution is 0.0950. The van der Waals surface area contributed by atoms with E-state index < -0.39 is 5.91 Å². The van der Waals surface area contributed by atoms with E-state index >= 15 is 0 Å². The highest BCUT2D eigenvalue weighted by Crippen LogP contribution is 2.26. The zero-order valence-corrected chi connectivity index (χ0v) is 22.3. The molecule has 1 aliphatic rings. The Hall–Kier alpha value is -5.32. The highest BCUT2D eigenvalue weighted by atomic mass is 16.2. The molecule has 3 heterocycles. The van der Waals surface area contributed by atoms with E-state index in [1.807, 2.05) is 42.6 Å². The second kappa shape index (κ2) is 12.2. The van der Waals surface area contributed by atoms with Crippen molar-refractivity contribution in [1.29, 1.82) is 10.5 Å². The van der Waals surface area contributed by atoms with Crippen molar-refractivity contribution in [2.75, 3.05) is 18.0 Å². The standard InChI is InChI=1S/C31H28N8O2/c32-15-22-1-5-24(6-2-22)19-37-13-11-27(12-14-37)39(31(41)29-10-9-26(17-35-29)30(34)40)28-18-36-38(21-28)20-25-7-3-23(16-33)4-8-25/h1-10,17-18,21,27H,11-14,19-20H2,(H2,34,40). The van der Waals surface area contributed by atoms with E-state index in [2.05, 4.69) is 27.1 Å². The van der Waals surface area contributed by atoms with E-state index in [4.69, 9.17) is 16.3 Å². The number of nitriles is 2. The number of carbonyl (C=O) groups excluding carboxylic acids is 2. The molecule has 2 aromatic carbocycles. The van der Waals surface area contributed by atoms with Crippen LogP contribution in [0.15, 0.2) is 79.3 Å². The molecule has 10 nitrogen and oxygen atoms in total. The predicted molar refractivity (Wildman–Crippen MR) is 152 cm³/mol. The fourth-order valence-corrected chi connectivity index (χ4v) is 5.00. The minimum Gasteiger partial charge on any atom is -0.366 e. The summed E-state index contributed by atoms with van der Waals surface area (Å²) in [6, 6.07) is 22.1. The van der Waals surface area contributed by atoms with Gasteiger partial charge in [-0.2, -0.15) is 15.6 Å². The Morgan fingerprint density at radius 1 is 0.878 bits per heavy atom. The summed E-state index contributed by atoms with van der Waals surface area (Å²) in [6.07, 6.45) is 6.35. The topological polar surface area (TPSA) is 145 Å². The number of likely N-dealkylation sites (tertiary alicyclic amines) is 1. The van der Waals surface area contributed by atoms with Crippen molar-refractivity contribution >= 4 is 17.5 Å². The number of benzene rings is 2. The van der Waals surface area contributed by atoms with Gasteiger partial charge < -0.3 is 10.6 Å². The average molecular weight is 545 g/mol. The van der Waals surface area contributed by atoms with Crippen molar-refractivity contribution in [3.8, 4) is 12.1 Å². The molecule has 1 aliphatic heterocycles. The van der Waals surface area contributed by atoms with E-state index in [1.165, 1.54) is 18.3 Å². The van der Waals surface area contributed by atoms with E-state index in [0.29, 0.717) is 23.4 Å². The molecule has 0 unspecified atom stereocenters. The summed E-state index contributed by atoms with van der Waals surface area (Å²) in [7, 11) is 0. The SMILES string of the molecule is N#Cc1ccc(CN2CCC(N(C(=O)c3ccc(C(N)=O)cn3)c3cnn(Cc4ccc(C#N)cc4)c3)CC2)cc1. The maximum absolute atomic E-state index is 13.8. The lowest BCUT2D eigenvalue weighted by Gasteiger charge is -2.38. The van der Waals surface area contributed by atoms with Crippen molar-refractivity contribution < 1.29 is 9.59 Å². The molecule has 2 N–H and O–H groups in total. The minimum absolute atomic E-state index is 0.0788. The summed E-state index contributed by atoms with van der Waals surface area (Å²) in [4.78, 5) is 33.7. The van der Waals surface area contributed by atoms with E-state index in [-0.39, 0.29) is 23.2 Å². The first-order valence-corrected chi connectivity index (χ1v) is 13.3. The molecule has 2 aromatic heterocycles. The van der Waals surface area contributed by atoms with Gasteiger partial charge in [0.2, 0.25) is 5.91 Å². The number of rotatable bonds is 8. The van der Waals surface area contributed by atoms with Crippen molar-refractivity contribution in [2.24, 2.45) is 5.73 Å². The lowest BCUT2D eigenvalue weighted by atomic mass is 10.0. The van der Waals surface area contributed by atoms with Gasteiger partial charge in [0, 0.05) is 38.1 Å². The van der Waals surface area contributed by atoms with E-state index in [1.54, 1.807) is 27.9 Å². The van der Waals surface area contributed by atoms with Crippen LogP contribution >= 0.6 is 0 Å². The first kappa shape index (κ1) is 27.3. The Kier molecular flexibility index (Phi) is 8.14. The Balaban J connectivity index is 1.34. The monoisotopic (exact) mass is 544 g/mol. The van der Waals surface area contributed by atoms with Gasteiger partial charge in [0.15, 0.2) is 0 Å². The lowest BCUT2D eigenvalue weighted by Crippen LogP contribution is -2.47. The number of hydrogen-bond acceptors (Lipinski definition) is 7. The number of pyridine rings is 1. The maximum Gasteiger partial charge on any atom is 0.277 e. The zero-order chi connectivity index (χ0) is 28.8. The molecule has 10 heteroatoms. The summed E-state index contributed by atoms with van der Waals surface area (Å²) >= 11 is 0. The first-order chi connectivity index (χ1) is 19.9. The van der Waals surface area contributed by atoms with Gasteiger partial charge in [0.05, 0.1) is 47.3 Å². The predicted octanol–water partition coefficient (Wildman–Crippen LogP) is 3.48. The van der Waals surface area contributed by atoms with Crippen molar-refractivity contribution in [3.05, 3.63) is 113 Å². The number of amides is 2. The van der Waals surface area contributed by atoms with Gasteiger partial charge in [-0.05, 0) is 60.4 Å². The third kappa shape index (κ3) is 6.47.